The fourth-order valence-corrected chi connectivity index (χ4v) is 5.71. The van der Waals surface area contributed by atoms with Gasteiger partial charge in [0.1, 0.15) is 23.6 Å². The number of nitrogens with zero attached hydrogens (tertiary/aromatic N) is 4. The first-order valence-corrected chi connectivity index (χ1v) is 16.3. The molecule has 1 amide bonds. The lowest BCUT2D eigenvalue weighted by molar-refractivity contribution is -0.153. The quantitative estimate of drug-likeness (QED) is 0.230. The summed E-state index contributed by atoms with van der Waals surface area (Å²) in [4.78, 5) is 35.8. The second kappa shape index (κ2) is 14.1. The van der Waals surface area contributed by atoms with Crippen LogP contribution >= 0.6 is 0 Å². The second-order valence-electron chi connectivity index (χ2n) is 14.1. The maximum atomic E-state index is 13.8. The summed E-state index contributed by atoms with van der Waals surface area (Å²) in [5.41, 5.74) is 0.821. The first-order valence-electron chi connectivity index (χ1n) is 14.9. The molecule has 0 unspecified atom stereocenters. The molecule has 0 saturated carbocycles. The number of carbonyl (C=O) groups is 2. The maximum absolute atomic E-state index is 13.8. The van der Waals surface area contributed by atoms with Gasteiger partial charge in [-0.3, -0.25) is 9.69 Å². The number of benzene rings is 1. The van der Waals surface area contributed by atoms with E-state index < -0.39 is 39.8 Å². The van der Waals surface area contributed by atoms with E-state index in [9.17, 15) is 18.0 Å². The third-order valence-electron chi connectivity index (χ3n) is 6.09. The molecule has 1 aromatic carbocycles. The van der Waals surface area contributed by atoms with Crippen molar-refractivity contribution in [3.8, 4) is 0 Å². The predicted molar refractivity (Wildman–Crippen MR) is 174 cm³/mol. The Hall–Kier alpha value is -3.83. The van der Waals surface area contributed by atoms with Crippen molar-refractivity contribution in [3.63, 3.8) is 0 Å². The second-order valence-corrected chi connectivity index (χ2v) is 16.0. The molecular weight excluding hydrogens is 592 g/mol. The molecule has 0 N–H and O–H groups in total. The van der Waals surface area contributed by atoms with Crippen LogP contribution in [0.2, 0.25) is 0 Å². The summed E-state index contributed by atoms with van der Waals surface area (Å²) >= 11 is 0. The van der Waals surface area contributed by atoms with Gasteiger partial charge in [-0.25, -0.2) is 23.2 Å². The molecule has 3 aromatic rings. The number of amides is 1. The Balaban J connectivity index is 1.98. The van der Waals surface area contributed by atoms with Crippen LogP contribution < -0.4 is 4.90 Å². The molecule has 10 nitrogen and oxygen atoms in total. The normalized spacial score (nSPS) is 12.6. The number of hydrogen-bond donors (Lipinski definition) is 0. The van der Waals surface area contributed by atoms with Crippen LogP contribution in [-0.4, -0.2) is 52.5 Å². The highest BCUT2D eigenvalue weighted by atomic mass is 32.2. The number of sulfonamides is 1. The number of aromatic nitrogens is 2. The van der Waals surface area contributed by atoms with E-state index in [1.165, 1.54) is 16.6 Å². The molecule has 244 valence electrons. The van der Waals surface area contributed by atoms with Crippen molar-refractivity contribution in [2.45, 2.75) is 98.1 Å². The summed E-state index contributed by atoms with van der Waals surface area (Å²) in [5, 5.41) is -0.0918. The van der Waals surface area contributed by atoms with Gasteiger partial charge in [-0.2, -0.15) is 4.31 Å². The van der Waals surface area contributed by atoms with E-state index in [1.54, 1.807) is 71.9 Å². The lowest BCUT2D eigenvalue weighted by Crippen LogP contribution is -2.42. The monoisotopic (exact) mass is 638 g/mol. The summed E-state index contributed by atoms with van der Waals surface area (Å²) in [6, 6.07) is 17.5. The first-order chi connectivity index (χ1) is 20.7. The van der Waals surface area contributed by atoms with E-state index in [0.717, 1.165) is 22.4 Å². The Morgan fingerprint density at radius 1 is 0.756 bits per heavy atom. The van der Waals surface area contributed by atoms with Crippen LogP contribution in [0.4, 0.5) is 10.6 Å². The molecular formula is C34H46N4O6S. The molecule has 0 saturated heterocycles. The third-order valence-corrected chi connectivity index (χ3v) is 7.79. The lowest BCUT2D eigenvalue weighted by Gasteiger charge is -2.28. The Morgan fingerprint density at radius 3 is 1.93 bits per heavy atom. The molecule has 0 aliphatic rings. The van der Waals surface area contributed by atoms with Crippen molar-refractivity contribution >= 4 is 27.9 Å². The fraction of sp³-hybridized carbons (Fsp3) is 0.471. The van der Waals surface area contributed by atoms with Gasteiger partial charge in [0.25, 0.3) is 10.0 Å². The molecule has 11 heteroatoms. The molecule has 0 bridgehead atoms. The fourth-order valence-electron chi connectivity index (χ4n) is 4.38. The third kappa shape index (κ3) is 11.6. The van der Waals surface area contributed by atoms with E-state index >= 15 is 0 Å². The molecule has 0 radical (unpaired) electrons. The molecule has 0 atom stereocenters. The zero-order valence-corrected chi connectivity index (χ0v) is 28.6. The maximum Gasteiger partial charge on any atom is 0.416 e. The van der Waals surface area contributed by atoms with Gasteiger partial charge in [-0.15, -0.1) is 0 Å². The molecule has 2 aromatic heterocycles. The van der Waals surface area contributed by atoms with E-state index in [0.29, 0.717) is 5.69 Å². The van der Waals surface area contributed by atoms with Gasteiger partial charge in [0.05, 0.1) is 12.2 Å². The standard InChI is InChI=1S/C34H46N4O6S/c1-32(2,3)21-25-16-18-26(19-17-25)22-37(45(41,42)29-15-10-11-20-35-29)23-27-13-12-14-28(36-27)38(31(40)44-34(7,8)9)24-30(39)43-33(4,5)6/h10-20H,21-24H2,1-9H3. The summed E-state index contributed by atoms with van der Waals surface area (Å²) in [7, 11) is -4.05. The Bertz CT molecular complexity index is 1560. The number of hydrogen-bond acceptors (Lipinski definition) is 8. The summed E-state index contributed by atoms with van der Waals surface area (Å²) < 4.78 is 40.0. The minimum absolute atomic E-state index is 0.0638. The van der Waals surface area contributed by atoms with Gasteiger partial charge in [0.2, 0.25) is 0 Å². The van der Waals surface area contributed by atoms with Crippen LogP contribution in [0.3, 0.4) is 0 Å². The number of rotatable bonds is 10. The number of ether oxygens (including phenoxy) is 2. The SMILES string of the molecule is CC(C)(C)Cc1ccc(CN(Cc2cccc(N(CC(=O)OC(C)(C)C)C(=O)OC(C)(C)C)n2)S(=O)(=O)c2ccccn2)cc1. The molecule has 2 heterocycles. The summed E-state index contributed by atoms with van der Waals surface area (Å²) in [6.07, 6.45) is 1.53. The van der Waals surface area contributed by atoms with Crippen molar-refractivity contribution in [1.82, 2.24) is 14.3 Å². The van der Waals surface area contributed by atoms with E-state index in [4.69, 9.17) is 9.47 Å². The van der Waals surface area contributed by atoms with Crippen molar-refractivity contribution in [2.24, 2.45) is 5.41 Å². The van der Waals surface area contributed by atoms with E-state index in [-0.39, 0.29) is 29.3 Å². The Morgan fingerprint density at radius 2 is 1.38 bits per heavy atom. The molecule has 0 spiro atoms. The minimum atomic E-state index is -4.05. The number of esters is 1. The molecule has 0 aliphatic carbocycles. The van der Waals surface area contributed by atoms with Crippen molar-refractivity contribution in [3.05, 3.63) is 83.7 Å². The van der Waals surface area contributed by atoms with Crippen LogP contribution in [0.25, 0.3) is 0 Å². The number of anilines is 1. The average Bonchev–Trinajstić information content (AvgIpc) is 2.90. The van der Waals surface area contributed by atoms with Gasteiger partial charge in [-0.1, -0.05) is 57.2 Å². The molecule has 0 aliphatic heterocycles. The van der Waals surface area contributed by atoms with Gasteiger partial charge >= 0.3 is 12.1 Å². The topological polar surface area (TPSA) is 119 Å². The van der Waals surface area contributed by atoms with Crippen molar-refractivity contribution in [2.75, 3.05) is 11.4 Å². The smallest absolute Gasteiger partial charge is 0.416 e. The highest BCUT2D eigenvalue weighted by Gasteiger charge is 2.30. The molecule has 0 fully saturated rings. The highest BCUT2D eigenvalue weighted by molar-refractivity contribution is 7.89. The highest BCUT2D eigenvalue weighted by Crippen LogP contribution is 2.24. The zero-order valence-electron chi connectivity index (χ0n) is 27.8. The first kappa shape index (κ1) is 35.6. The van der Waals surface area contributed by atoms with Crippen molar-refractivity contribution in [1.29, 1.82) is 0 Å². The largest absolute Gasteiger partial charge is 0.459 e. The molecule has 3 rings (SSSR count). The van der Waals surface area contributed by atoms with Gasteiger partial charge in [0, 0.05) is 12.7 Å². The van der Waals surface area contributed by atoms with Crippen LogP contribution in [0.1, 0.15) is 79.1 Å². The van der Waals surface area contributed by atoms with E-state index in [1.807, 2.05) is 24.3 Å². The summed E-state index contributed by atoms with van der Waals surface area (Å²) in [5.74, 6) is -0.524. The number of pyridine rings is 2. The van der Waals surface area contributed by atoms with E-state index in [2.05, 4.69) is 30.7 Å². The number of carbonyl (C=O) groups excluding carboxylic acids is 2. The Labute approximate surface area is 267 Å². The molecule has 45 heavy (non-hydrogen) atoms. The van der Waals surface area contributed by atoms with Gasteiger partial charge in [0.15, 0.2) is 5.03 Å². The van der Waals surface area contributed by atoms with Crippen LogP contribution in [-0.2, 0) is 43.8 Å². The summed E-state index contributed by atoms with van der Waals surface area (Å²) in [6.45, 7) is 16.4. The van der Waals surface area contributed by atoms with Crippen LogP contribution in [0.15, 0.2) is 71.9 Å². The Kier molecular flexibility index (Phi) is 11.2. The van der Waals surface area contributed by atoms with Gasteiger partial charge in [-0.05, 0) is 88.8 Å². The van der Waals surface area contributed by atoms with Gasteiger partial charge < -0.3 is 9.47 Å². The minimum Gasteiger partial charge on any atom is -0.459 e. The van der Waals surface area contributed by atoms with Crippen LogP contribution in [0.5, 0.6) is 0 Å². The van der Waals surface area contributed by atoms with Crippen molar-refractivity contribution < 1.29 is 27.5 Å². The lowest BCUT2D eigenvalue weighted by atomic mass is 9.88. The van der Waals surface area contributed by atoms with Crippen LogP contribution in [0, 0.1) is 5.41 Å². The zero-order chi connectivity index (χ0) is 33.6. The average molecular weight is 639 g/mol. The predicted octanol–water partition coefficient (Wildman–Crippen LogP) is 6.54.